The maximum absolute atomic E-state index is 13.0. The number of rotatable bonds is 5. The Morgan fingerprint density at radius 2 is 2.06 bits per heavy atom. The first-order valence-corrected chi connectivity index (χ1v) is 11.4. The SMILES string of the molecule is CCC1CCc2c(sc(NC(=O)c3cc4ccccc4oc3=O)c2C(=O)OC(C)C)C1. The highest BCUT2D eigenvalue weighted by Crippen LogP contribution is 2.41. The third kappa shape index (κ3) is 4.28. The van der Waals surface area contributed by atoms with Crippen molar-refractivity contribution >= 4 is 39.2 Å². The first-order chi connectivity index (χ1) is 14.9. The lowest BCUT2D eigenvalue weighted by Crippen LogP contribution is -2.22. The molecule has 0 spiro atoms. The number of ether oxygens (including phenoxy) is 1. The Labute approximate surface area is 184 Å². The first-order valence-electron chi connectivity index (χ1n) is 10.6. The van der Waals surface area contributed by atoms with Crippen LogP contribution in [0.4, 0.5) is 5.00 Å². The first kappa shape index (κ1) is 21.3. The normalized spacial score (nSPS) is 15.7. The minimum Gasteiger partial charge on any atom is -0.459 e. The fourth-order valence-electron chi connectivity index (χ4n) is 3.97. The summed E-state index contributed by atoms with van der Waals surface area (Å²) in [5, 5.41) is 3.89. The van der Waals surface area contributed by atoms with Crippen LogP contribution in [-0.2, 0) is 17.6 Å². The van der Waals surface area contributed by atoms with Crippen molar-refractivity contribution in [1.29, 1.82) is 0 Å². The Bertz CT molecular complexity index is 1210. The van der Waals surface area contributed by atoms with E-state index in [0.29, 0.717) is 27.5 Å². The van der Waals surface area contributed by atoms with E-state index < -0.39 is 17.5 Å². The van der Waals surface area contributed by atoms with Gasteiger partial charge in [0, 0.05) is 10.3 Å². The Morgan fingerprint density at radius 3 is 2.81 bits per heavy atom. The molecule has 1 atom stereocenters. The van der Waals surface area contributed by atoms with Crippen molar-refractivity contribution in [1.82, 2.24) is 0 Å². The Morgan fingerprint density at radius 1 is 1.29 bits per heavy atom. The molecule has 7 heteroatoms. The molecule has 1 aliphatic rings. The highest BCUT2D eigenvalue weighted by molar-refractivity contribution is 7.17. The highest BCUT2D eigenvalue weighted by atomic mass is 32.1. The molecule has 3 aromatic rings. The van der Waals surface area contributed by atoms with Crippen LogP contribution in [0.2, 0.25) is 0 Å². The molecule has 31 heavy (non-hydrogen) atoms. The standard InChI is InChI=1S/C24H25NO5S/c1-4-14-9-10-16-19(11-14)31-22(20(16)24(28)29-13(2)3)25-21(26)17-12-15-7-5-6-8-18(15)30-23(17)27/h5-8,12-14H,4,9-11H2,1-3H3,(H,25,26). The molecular formula is C24H25NO5S. The summed E-state index contributed by atoms with van der Waals surface area (Å²) >= 11 is 1.40. The number of thiophene rings is 1. The van der Waals surface area contributed by atoms with E-state index in [1.54, 1.807) is 32.0 Å². The molecule has 0 fully saturated rings. The Kier molecular flexibility index (Phi) is 5.96. The molecule has 0 saturated carbocycles. The van der Waals surface area contributed by atoms with Crippen LogP contribution in [0, 0.1) is 5.92 Å². The maximum Gasteiger partial charge on any atom is 0.349 e. The summed E-state index contributed by atoms with van der Waals surface area (Å²) in [4.78, 5) is 39.4. The fourth-order valence-corrected chi connectivity index (χ4v) is 5.32. The van der Waals surface area contributed by atoms with Crippen LogP contribution in [0.15, 0.2) is 39.5 Å². The third-order valence-corrected chi connectivity index (χ3v) is 6.77. The molecule has 0 bridgehead atoms. The predicted molar refractivity (Wildman–Crippen MR) is 121 cm³/mol. The molecule has 1 aliphatic carbocycles. The van der Waals surface area contributed by atoms with Crippen LogP contribution in [0.25, 0.3) is 11.0 Å². The van der Waals surface area contributed by atoms with Gasteiger partial charge in [-0.15, -0.1) is 11.3 Å². The zero-order valence-corrected chi connectivity index (χ0v) is 18.6. The van der Waals surface area contributed by atoms with Gasteiger partial charge >= 0.3 is 11.6 Å². The van der Waals surface area contributed by atoms with E-state index in [4.69, 9.17) is 9.15 Å². The summed E-state index contributed by atoms with van der Waals surface area (Å²) in [5.74, 6) is -0.469. The highest BCUT2D eigenvalue weighted by Gasteiger charge is 2.30. The van der Waals surface area contributed by atoms with Crippen LogP contribution in [0.1, 0.15) is 64.8 Å². The lowest BCUT2D eigenvalue weighted by molar-refractivity contribution is 0.0378. The van der Waals surface area contributed by atoms with Crippen molar-refractivity contribution < 1.29 is 18.7 Å². The van der Waals surface area contributed by atoms with Gasteiger partial charge in [-0.25, -0.2) is 9.59 Å². The largest absolute Gasteiger partial charge is 0.459 e. The number of para-hydroxylation sites is 1. The zero-order chi connectivity index (χ0) is 22.1. The van der Waals surface area contributed by atoms with E-state index in [9.17, 15) is 14.4 Å². The quantitative estimate of drug-likeness (QED) is 0.437. The summed E-state index contributed by atoms with van der Waals surface area (Å²) < 4.78 is 10.7. The lowest BCUT2D eigenvalue weighted by atomic mass is 9.85. The number of carbonyl (C=O) groups is 2. The van der Waals surface area contributed by atoms with Crippen molar-refractivity contribution in [3.8, 4) is 0 Å². The van der Waals surface area contributed by atoms with E-state index in [1.165, 1.54) is 17.4 Å². The molecule has 1 amide bonds. The molecule has 1 unspecified atom stereocenters. The van der Waals surface area contributed by atoms with Crippen LogP contribution < -0.4 is 10.9 Å². The molecule has 2 heterocycles. The minimum atomic E-state index is -0.713. The molecule has 162 valence electrons. The van der Waals surface area contributed by atoms with E-state index in [1.807, 2.05) is 6.07 Å². The summed E-state index contributed by atoms with van der Waals surface area (Å²) in [6.45, 7) is 5.75. The molecule has 0 aliphatic heterocycles. The molecule has 1 aromatic carbocycles. The van der Waals surface area contributed by atoms with Gasteiger partial charge in [-0.1, -0.05) is 31.5 Å². The van der Waals surface area contributed by atoms with Gasteiger partial charge in [0.2, 0.25) is 0 Å². The van der Waals surface area contributed by atoms with E-state index >= 15 is 0 Å². The van der Waals surface area contributed by atoms with Crippen LogP contribution >= 0.6 is 11.3 Å². The second-order valence-electron chi connectivity index (χ2n) is 8.12. The molecule has 6 nitrogen and oxygen atoms in total. The second-order valence-corrected chi connectivity index (χ2v) is 9.22. The fraction of sp³-hybridized carbons (Fsp3) is 0.375. The Hall–Kier alpha value is -2.93. The molecule has 0 saturated heterocycles. The van der Waals surface area contributed by atoms with Gasteiger partial charge < -0.3 is 14.5 Å². The zero-order valence-electron chi connectivity index (χ0n) is 17.8. The third-order valence-electron chi connectivity index (χ3n) is 5.60. The summed E-state index contributed by atoms with van der Waals surface area (Å²) in [7, 11) is 0. The molecule has 1 N–H and O–H groups in total. The number of nitrogens with one attached hydrogen (secondary N) is 1. The van der Waals surface area contributed by atoms with Crippen LogP contribution in [-0.4, -0.2) is 18.0 Å². The average molecular weight is 440 g/mol. The van der Waals surface area contributed by atoms with Crippen molar-refractivity contribution in [2.24, 2.45) is 5.92 Å². The predicted octanol–water partition coefficient (Wildman–Crippen LogP) is 5.19. The van der Waals surface area contributed by atoms with Crippen LogP contribution in [0.3, 0.4) is 0 Å². The van der Waals surface area contributed by atoms with Gasteiger partial charge in [0.15, 0.2) is 0 Å². The number of esters is 1. The number of carbonyl (C=O) groups excluding carboxylic acids is 2. The topological polar surface area (TPSA) is 85.6 Å². The van der Waals surface area contributed by atoms with Gasteiger partial charge in [0.1, 0.15) is 16.1 Å². The number of amides is 1. The van der Waals surface area contributed by atoms with E-state index in [0.717, 1.165) is 36.1 Å². The Balaban J connectivity index is 1.71. The van der Waals surface area contributed by atoms with Gasteiger partial charge in [-0.2, -0.15) is 0 Å². The second kappa shape index (κ2) is 8.67. The number of hydrogen-bond donors (Lipinski definition) is 1. The van der Waals surface area contributed by atoms with Crippen molar-refractivity contribution in [2.75, 3.05) is 5.32 Å². The number of fused-ring (bicyclic) bond motifs is 2. The molecule has 4 rings (SSSR count). The average Bonchev–Trinajstić information content (AvgIpc) is 3.09. The van der Waals surface area contributed by atoms with Crippen molar-refractivity contribution in [3.05, 3.63) is 62.3 Å². The summed E-state index contributed by atoms with van der Waals surface area (Å²) in [6, 6.07) is 8.53. The summed E-state index contributed by atoms with van der Waals surface area (Å²) in [5.41, 5.74) is 0.986. The number of hydrogen-bond acceptors (Lipinski definition) is 6. The number of benzene rings is 1. The van der Waals surface area contributed by atoms with E-state index in [-0.39, 0.29) is 11.7 Å². The monoisotopic (exact) mass is 439 g/mol. The molecule has 0 radical (unpaired) electrons. The maximum atomic E-state index is 13.0. The van der Waals surface area contributed by atoms with Gasteiger partial charge in [0.05, 0.1) is 11.7 Å². The van der Waals surface area contributed by atoms with E-state index in [2.05, 4.69) is 12.2 Å². The smallest absolute Gasteiger partial charge is 0.349 e. The molecule has 2 aromatic heterocycles. The van der Waals surface area contributed by atoms with Gasteiger partial charge in [0.25, 0.3) is 5.91 Å². The van der Waals surface area contributed by atoms with Crippen molar-refractivity contribution in [2.45, 2.75) is 52.6 Å². The number of anilines is 1. The minimum absolute atomic E-state index is 0.0975. The van der Waals surface area contributed by atoms with Gasteiger partial charge in [-0.3, -0.25) is 4.79 Å². The lowest BCUT2D eigenvalue weighted by Gasteiger charge is -2.21. The molecular weight excluding hydrogens is 414 g/mol. The van der Waals surface area contributed by atoms with Gasteiger partial charge in [-0.05, 0) is 56.7 Å². The van der Waals surface area contributed by atoms with Crippen LogP contribution in [0.5, 0.6) is 0 Å². The van der Waals surface area contributed by atoms with Crippen molar-refractivity contribution in [3.63, 3.8) is 0 Å². The summed E-state index contributed by atoms with van der Waals surface area (Å²) in [6.07, 6.45) is 3.46.